The Labute approximate surface area is 167 Å². The Hall–Kier alpha value is -2.50. The van der Waals surface area contributed by atoms with Crippen molar-refractivity contribution >= 4 is 29.1 Å². The summed E-state index contributed by atoms with van der Waals surface area (Å²) in [5.41, 5.74) is 2.65. The SMILES string of the molecule is Cl.O=C(CS(=O)C(c1ccccc1)c1ccccc1)NCc1ccccn1. The predicted octanol–water partition coefficient (Wildman–Crippen LogP) is 3.66. The average molecular weight is 401 g/mol. The van der Waals surface area contributed by atoms with Gasteiger partial charge in [-0.3, -0.25) is 14.0 Å². The molecule has 4 nitrogen and oxygen atoms in total. The molecule has 140 valence electrons. The third-order valence-corrected chi connectivity index (χ3v) is 5.55. The molecule has 0 aliphatic rings. The van der Waals surface area contributed by atoms with E-state index in [0.29, 0.717) is 6.54 Å². The van der Waals surface area contributed by atoms with E-state index in [9.17, 15) is 9.00 Å². The highest BCUT2D eigenvalue weighted by atomic mass is 35.5. The molecule has 1 N–H and O–H groups in total. The molecule has 0 saturated heterocycles. The number of benzene rings is 2. The summed E-state index contributed by atoms with van der Waals surface area (Å²) in [4.78, 5) is 16.4. The Morgan fingerprint density at radius 1 is 0.889 bits per heavy atom. The molecular formula is C21H21ClN2O2S. The molecule has 0 aliphatic carbocycles. The summed E-state index contributed by atoms with van der Waals surface area (Å²) in [5.74, 6) is -0.299. The lowest BCUT2D eigenvalue weighted by Gasteiger charge is -2.17. The van der Waals surface area contributed by atoms with Gasteiger partial charge < -0.3 is 5.32 Å². The molecule has 1 heterocycles. The zero-order valence-corrected chi connectivity index (χ0v) is 16.3. The number of nitrogens with one attached hydrogen (secondary N) is 1. The fraction of sp³-hybridized carbons (Fsp3) is 0.143. The van der Waals surface area contributed by atoms with E-state index in [0.717, 1.165) is 16.8 Å². The second kappa shape index (κ2) is 10.6. The van der Waals surface area contributed by atoms with E-state index in [1.54, 1.807) is 6.20 Å². The van der Waals surface area contributed by atoms with Gasteiger partial charge >= 0.3 is 0 Å². The smallest absolute Gasteiger partial charge is 0.232 e. The monoisotopic (exact) mass is 400 g/mol. The van der Waals surface area contributed by atoms with Crippen molar-refractivity contribution in [3.63, 3.8) is 0 Å². The number of pyridine rings is 1. The molecule has 0 spiro atoms. The minimum Gasteiger partial charge on any atom is -0.350 e. The maximum absolute atomic E-state index is 13.0. The van der Waals surface area contributed by atoms with Crippen LogP contribution in [0.2, 0.25) is 0 Å². The third kappa shape index (κ3) is 6.01. The number of aromatic nitrogens is 1. The Bertz CT molecular complexity index is 822. The molecule has 2 aromatic carbocycles. The van der Waals surface area contributed by atoms with Crippen LogP contribution in [0.15, 0.2) is 85.1 Å². The van der Waals surface area contributed by atoms with E-state index < -0.39 is 10.8 Å². The van der Waals surface area contributed by atoms with Gasteiger partial charge in [-0.25, -0.2) is 0 Å². The normalized spacial score (nSPS) is 11.4. The van der Waals surface area contributed by atoms with Crippen LogP contribution in [0.1, 0.15) is 22.1 Å². The Morgan fingerprint density at radius 2 is 1.44 bits per heavy atom. The van der Waals surface area contributed by atoms with Crippen LogP contribution in [-0.2, 0) is 22.1 Å². The van der Waals surface area contributed by atoms with Gasteiger partial charge in [0.05, 0.1) is 17.5 Å². The average Bonchev–Trinajstić information content (AvgIpc) is 2.69. The van der Waals surface area contributed by atoms with Crippen LogP contribution >= 0.6 is 12.4 Å². The second-order valence-corrected chi connectivity index (χ2v) is 7.35. The topological polar surface area (TPSA) is 59.1 Å². The molecule has 1 amide bonds. The summed E-state index contributed by atoms with van der Waals surface area (Å²) in [5, 5.41) is 2.46. The molecule has 3 aromatic rings. The molecule has 27 heavy (non-hydrogen) atoms. The number of carbonyl (C=O) groups is 1. The number of amides is 1. The number of halogens is 1. The Balaban J connectivity index is 0.00000261. The van der Waals surface area contributed by atoms with E-state index in [1.807, 2.05) is 78.9 Å². The van der Waals surface area contributed by atoms with Gasteiger partial charge in [-0.05, 0) is 23.3 Å². The molecule has 0 saturated carbocycles. The first-order chi connectivity index (χ1) is 12.7. The first-order valence-electron chi connectivity index (χ1n) is 8.38. The van der Waals surface area contributed by atoms with Gasteiger partial charge in [0.25, 0.3) is 0 Å². The quantitative estimate of drug-likeness (QED) is 0.658. The van der Waals surface area contributed by atoms with Crippen molar-refractivity contribution in [1.29, 1.82) is 0 Å². The third-order valence-electron chi connectivity index (χ3n) is 3.93. The van der Waals surface area contributed by atoms with Gasteiger partial charge in [-0.1, -0.05) is 66.7 Å². The van der Waals surface area contributed by atoms with Crippen LogP contribution in [-0.4, -0.2) is 20.9 Å². The minimum absolute atomic E-state index is 0. The molecule has 0 aliphatic heterocycles. The summed E-state index contributed by atoms with van der Waals surface area (Å²) >= 11 is 0. The van der Waals surface area contributed by atoms with Crippen LogP contribution in [0.5, 0.6) is 0 Å². The summed E-state index contributed by atoms with van der Waals surface area (Å²) in [6.45, 7) is 0.332. The van der Waals surface area contributed by atoms with Crippen molar-refractivity contribution < 1.29 is 9.00 Å². The maximum Gasteiger partial charge on any atom is 0.232 e. The Kier molecular flexibility index (Phi) is 8.17. The number of nitrogens with zero attached hydrogens (tertiary/aromatic N) is 1. The lowest BCUT2D eigenvalue weighted by molar-refractivity contribution is -0.118. The standard InChI is InChI=1S/C21H20N2O2S.ClH/c24-20(23-15-19-13-7-8-14-22-19)16-26(25)21(17-9-3-1-4-10-17)18-11-5-2-6-12-18;/h1-14,21H,15-16H2,(H,23,24);1H. The van der Waals surface area contributed by atoms with E-state index >= 15 is 0 Å². The zero-order chi connectivity index (χ0) is 18.2. The number of rotatable bonds is 7. The first kappa shape index (κ1) is 20.8. The van der Waals surface area contributed by atoms with Crippen LogP contribution in [0.3, 0.4) is 0 Å². The highest BCUT2D eigenvalue weighted by Gasteiger charge is 2.23. The second-order valence-electron chi connectivity index (χ2n) is 5.82. The van der Waals surface area contributed by atoms with Crippen molar-refractivity contribution in [3.8, 4) is 0 Å². The highest BCUT2D eigenvalue weighted by molar-refractivity contribution is 7.86. The highest BCUT2D eigenvalue weighted by Crippen LogP contribution is 2.28. The predicted molar refractivity (Wildman–Crippen MR) is 111 cm³/mol. The van der Waals surface area contributed by atoms with Crippen molar-refractivity contribution in [2.75, 3.05) is 5.75 Å². The van der Waals surface area contributed by atoms with Crippen LogP contribution in [0.4, 0.5) is 0 Å². The van der Waals surface area contributed by atoms with E-state index in [4.69, 9.17) is 0 Å². The molecule has 0 radical (unpaired) electrons. The molecule has 0 fully saturated rings. The number of hydrogen-bond acceptors (Lipinski definition) is 3. The summed E-state index contributed by atoms with van der Waals surface area (Å²) < 4.78 is 13.0. The van der Waals surface area contributed by atoms with Crippen molar-refractivity contribution in [1.82, 2.24) is 10.3 Å². The van der Waals surface area contributed by atoms with Crippen LogP contribution in [0.25, 0.3) is 0 Å². The van der Waals surface area contributed by atoms with Gasteiger partial charge in [-0.2, -0.15) is 0 Å². The van der Waals surface area contributed by atoms with E-state index in [1.165, 1.54) is 0 Å². The van der Waals surface area contributed by atoms with Gasteiger partial charge in [0, 0.05) is 17.0 Å². The summed E-state index contributed by atoms with van der Waals surface area (Å²) in [6, 6.07) is 24.8. The largest absolute Gasteiger partial charge is 0.350 e. The van der Waals surface area contributed by atoms with Crippen molar-refractivity contribution in [2.45, 2.75) is 11.8 Å². The Morgan fingerprint density at radius 3 is 1.96 bits per heavy atom. The fourth-order valence-corrected chi connectivity index (χ4v) is 4.16. The lowest BCUT2D eigenvalue weighted by atomic mass is 10.0. The number of hydrogen-bond donors (Lipinski definition) is 1. The lowest BCUT2D eigenvalue weighted by Crippen LogP contribution is -2.29. The molecule has 3 rings (SSSR count). The fourth-order valence-electron chi connectivity index (χ4n) is 2.71. The molecule has 0 bridgehead atoms. The molecule has 6 heteroatoms. The van der Waals surface area contributed by atoms with Crippen LogP contribution in [0, 0.1) is 0 Å². The summed E-state index contributed by atoms with van der Waals surface area (Å²) in [6.07, 6.45) is 1.68. The van der Waals surface area contributed by atoms with Gasteiger partial charge in [-0.15, -0.1) is 12.4 Å². The van der Waals surface area contributed by atoms with Gasteiger partial charge in [0.15, 0.2) is 0 Å². The molecule has 1 atom stereocenters. The number of carbonyl (C=O) groups excluding carboxylic acids is 1. The van der Waals surface area contributed by atoms with E-state index in [-0.39, 0.29) is 29.3 Å². The zero-order valence-electron chi connectivity index (χ0n) is 14.7. The first-order valence-corrected chi connectivity index (χ1v) is 9.76. The van der Waals surface area contributed by atoms with Crippen molar-refractivity contribution in [3.05, 3.63) is 102 Å². The van der Waals surface area contributed by atoms with Crippen molar-refractivity contribution in [2.24, 2.45) is 0 Å². The molecule has 1 aromatic heterocycles. The molecular weight excluding hydrogens is 380 g/mol. The van der Waals surface area contributed by atoms with Crippen LogP contribution < -0.4 is 5.32 Å². The minimum atomic E-state index is -1.38. The molecule has 1 unspecified atom stereocenters. The van der Waals surface area contributed by atoms with Gasteiger partial charge in [0.2, 0.25) is 5.91 Å². The van der Waals surface area contributed by atoms with Gasteiger partial charge in [0.1, 0.15) is 5.75 Å². The maximum atomic E-state index is 13.0. The summed E-state index contributed by atoms with van der Waals surface area (Å²) in [7, 11) is -1.38. The van der Waals surface area contributed by atoms with E-state index in [2.05, 4.69) is 10.3 Å².